The number of hydrogen-bond acceptors (Lipinski definition) is 1. The van der Waals surface area contributed by atoms with Crippen LogP contribution in [0.3, 0.4) is 0 Å². The molecule has 0 amide bonds. The average molecular weight is 325 g/mol. The number of anilines is 1. The lowest BCUT2D eigenvalue weighted by Gasteiger charge is -2.07. The van der Waals surface area contributed by atoms with Crippen molar-refractivity contribution in [1.29, 1.82) is 0 Å². The first-order chi connectivity index (χ1) is 10.0. The van der Waals surface area contributed by atoms with E-state index in [9.17, 15) is 0 Å². The molecule has 0 unspecified atom stereocenters. The fraction of sp³-hybridized carbons (Fsp3) is 0.267. The Balaban J connectivity index is 2.05. The van der Waals surface area contributed by atoms with Gasteiger partial charge in [-0.25, -0.2) is 4.99 Å². The summed E-state index contributed by atoms with van der Waals surface area (Å²) in [5.41, 5.74) is 8.98. The van der Waals surface area contributed by atoms with E-state index in [2.05, 4.69) is 29.4 Å². The van der Waals surface area contributed by atoms with E-state index in [-0.39, 0.29) is 0 Å². The fourth-order valence-corrected chi connectivity index (χ4v) is 2.38. The fourth-order valence-electron chi connectivity index (χ4n) is 1.96. The van der Waals surface area contributed by atoms with Crippen LogP contribution in [0.4, 0.5) is 5.69 Å². The highest BCUT2D eigenvalue weighted by molar-refractivity contribution is 6.41. The summed E-state index contributed by atoms with van der Waals surface area (Å²) in [5, 5.41) is 4.10. The molecule has 4 nitrogen and oxygen atoms in total. The highest BCUT2D eigenvalue weighted by Gasteiger charge is 2.08. The van der Waals surface area contributed by atoms with Gasteiger partial charge in [0, 0.05) is 18.4 Å². The van der Waals surface area contributed by atoms with E-state index in [1.807, 2.05) is 19.2 Å². The molecule has 0 aliphatic heterocycles. The SMILES string of the molecule is CCc1cccc(NC(N)=NCc2cc(Cl)c(Cl)n2C)c1. The van der Waals surface area contributed by atoms with Gasteiger partial charge in [-0.05, 0) is 30.2 Å². The molecule has 0 spiro atoms. The molecule has 1 aromatic carbocycles. The van der Waals surface area contributed by atoms with Crippen LogP contribution in [-0.4, -0.2) is 10.5 Å². The molecule has 21 heavy (non-hydrogen) atoms. The Hall–Kier alpha value is -1.65. The van der Waals surface area contributed by atoms with Crippen LogP contribution in [0.15, 0.2) is 35.3 Å². The molecule has 0 bridgehead atoms. The first-order valence-corrected chi connectivity index (χ1v) is 7.42. The second-order valence-electron chi connectivity index (χ2n) is 4.71. The van der Waals surface area contributed by atoms with Crippen LogP contribution in [-0.2, 0) is 20.0 Å². The van der Waals surface area contributed by atoms with Gasteiger partial charge in [-0.1, -0.05) is 42.3 Å². The lowest BCUT2D eigenvalue weighted by Crippen LogP contribution is -2.22. The number of aryl methyl sites for hydroxylation is 1. The Bertz CT molecular complexity index is 662. The highest BCUT2D eigenvalue weighted by atomic mass is 35.5. The van der Waals surface area contributed by atoms with Crippen LogP contribution in [0.1, 0.15) is 18.2 Å². The summed E-state index contributed by atoms with van der Waals surface area (Å²) < 4.78 is 1.79. The van der Waals surface area contributed by atoms with Crippen LogP contribution in [0.2, 0.25) is 10.2 Å². The monoisotopic (exact) mass is 324 g/mol. The molecule has 1 heterocycles. The van der Waals surface area contributed by atoms with Crippen LogP contribution in [0.5, 0.6) is 0 Å². The van der Waals surface area contributed by atoms with Crippen molar-refractivity contribution in [3.8, 4) is 0 Å². The average Bonchev–Trinajstić information content (AvgIpc) is 2.72. The van der Waals surface area contributed by atoms with Crippen molar-refractivity contribution in [1.82, 2.24) is 4.57 Å². The van der Waals surface area contributed by atoms with Crippen molar-refractivity contribution in [3.63, 3.8) is 0 Å². The third kappa shape index (κ3) is 3.93. The molecular formula is C15H18Cl2N4. The Morgan fingerprint density at radius 2 is 2.10 bits per heavy atom. The summed E-state index contributed by atoms with van der Waals surface area (Å²) in [7, 11) is 1.84. The standard InChI is InChI=1S/C15H18Cl2N4/c1-3-10-5-4-6-11(7-10)20-15(18)19-9-12-8-13(16)14(17)21(12)2/h4-8H,3,9H2,1-2H3,(H3,18,19,20). The maximum atomic E-state index is 6.01. The first-order valence-electron chi connectivity index (χ1n) is 6.66. The molecule has 0 saturated carbocycles. The number of guanidine groups is 1. The molecule has 2 aromatic rings. The maximum absolute atomic E-state index is 6.01. The van der Waals surface area contributed by atoms with Gasteiger partial charge in [0.2, 0.25) is 0 Å². The number of nitrogens with two attached hydrogens (primary N) is 1. The number of hydrogen-bond donors (Lipinski definition) is 2. The van der Waals surface area contributed by atoms with E-state index in [4.69, 9.17) is 28.9 Å². The third-order valence-electron chi connectivity index (χ3n) is 3.23. The zero-order valence-electron chi connectivity index (χ0n) is 12.0. The number of nitrogens with zero attached hydrogens (tertiary/aromatic N) is 2. The first kappa shape index (κ1) is 15.7. The van der Waals surface area contributed by atoms with Gasteiger partial charge in [-0.15, -0.1) is 0 Å². The molecule has 0 saturated heterocycles. The molecule has 112 valence electrons. The molecule has 0 aliphatic carbocycles. The molecule has 6 heteroatoms. The summed E-state index contributed by atoms with van der Waals surface area (Å²) >= 11 is 12.0. The maximum Gasteiger partial charge on any atom is 0.193 e. The van der Waals surface area contributed by atoms with Crippen LogP contribution in [0.25, 0.3) is 0 Å². The van der Waals surface area contributed by atoms with Crippen LogP contribution in [0, 0.1) is 0 Å². The number of rotatable bonds is 4. The van der Waals surface area contributed by atoms with Gasteiger partial charge >= 0.3 is 0 Å². The normalized spacial score (nSPS) is 11.7. The molecule has 0 radical (unpaired) electrons. The minimum absolute atomic E-state index is 0.358. The molecular weight excluding hydrogens is 307 g/mol. The van der Waals surface area contributed by atoms with Gasteiger partial charge in [0.25, 0.3) is 0 Å². The zero-order valence-corrected chi connectivity index (χ0v) is 13.5. The van der Waals surface area contributed by atoms with Crippen molar-refractivity contribution >= 4 is 34.8 Å². The van der Waals surface area contributed by atoms with Gasteiger partial charge in [0.1, 0.15) is 5.15 Å². The quantitative estimate of drug-likeness (QED) is 0.663. The number of benzene rings is 1. The summed E-state index contributed by atoms with van der Waals surface area (Å²) in [6.45, 7) is 2.52. The molecule has 0 atom stereocenters. The van der Waals surface area contributed by atoms with E-state index in [1.54, 1.807) is 10.6 Å². The summed E-state index contributed by atoms with van der Waals surface area (Å²) in [5.74, 6) is 0.358. The van der Waals surface area contributed by atoms with Crippen LogP contribution < -0.4 is 11.1 Å². The smallest absolute Gasteiger partial charge is 0.193 e. The molecule has 0 aliphatic rings. The summed E-state index contributed by atoms with van der Waals surface area (Å²) in [6.07, 6.45) is 0.979. The Morgan fingerprint density at radius 1 is 1.33 bits per heavy atom. The predicted molar refractivity (Wildman–Crippen MR) is 90.2 cm³/mol. The van der Waals surface area contributed by atoms with Gasteiger partial charge < -0.3 is 15.6 Å². The predicted octanol–water partition coefficient (Wildman–Crippen LogP) is 3.82. The topological polar surface area (TPSA) is 55.3 Å². The second kappa shape index (κ2) is 6.87. The van der Waals surface area contributed by atoms with Crippen LogP contribution >= 0.6 is 23.2 Å². The number of nitrogens with one attached hydrogen (secondary N) is 1. The van der Waals surface area contributed by atoms with E-state index >= 15 is 0 Å². The highest BCUT2D eigenvalue weighted by Crippen LogP contribution is 2.25. The van der Waals surface area contributed by atoms with Gasteiger partial charge in [-0.3, -0.25) is 0 Å². The van der Waals surface area contributed by atoms with Gasteiger partial charge in [0.05, 0.1) is 11.6 Å². The van der Waals surface area contributed by atoms with Gasteiger partial charge in [-0.2, -0.15) is 0 Å². The number of halogens is 2. The second-order valence-corrected chi connectivity index (χ2v) is 5.48. The Labute approximate surface area is 134 Å². The summed E-state index contributed by atoms with van der Waals surface area (Å²) in [6, 6.07) is 9.87. The molecule has 0 fully saturated rings. The lowest BCUT2D eigenvalue weighted by atomic mass is 10.1. The Kier molecular flexibility index (Phi) is 5.15. The number of aliphatic imine (C=N–C) groups is 1. The van der Waals surface area contributed by atoms with E-state index in [1.165, 1.54) is 5.56 Å². The van der Waals surface area contributed by atoms with Crippen molar-refractivity contribution < 1.29 is 0 Å². The molecule has 3 N–H and O–H groups in total. The van der Waals surface area contributed by atoms with Gasteiger partial charge in [0.15, 0.2) is 5.96 Å². The van der Waals surface area contributed by atoms with Crippen molar-refractivity contribution in [3.05, 3.63) is 51.8 Å². The van der Waals surface area contributed by atoms with Crippen molar-refractivity contribution in [2.45, 2.75) is 19.9 Å². The minimum Gasteiger partial charge on any atom is -0.370 e. The largest absolute Gasteiger partial charge is 0.370 e. The van der Waals surface area contributed by atoms with E-state index < -0.39 is 0 Å². The van der Waals surface area contributed by atoms with E-state index in [0.29, 0.717) is 22.7 Å². The lowest BCUT2D eigenvalue weighted by molar-refractivity contribution is 0.825. The minimum atomic E-state index is 0.358. The zero-order chi connectivity index (χ0) is 15.4. The summed E-state index contributed by atoms with van der Waals surface area (Å²) in [4.78, 5) is 4.31. The van der Waals surface area contributed by atoms with Crippen molar-refractivity contribution in [2.75, 3.05) is 5.32 Å². The Morgan fingerprint density at radius 3 is 2.71 bits per heavy atom. The molecule has 2 rings (SSSR count). The number of aromatic nitrogens is 1. The van der Waals surface area contributed by atoms with Crippen molar-refractivity contribution in [2.24, 2.45) is 17.8 Å². The third-order valence-corrected chi connectivity index (χ3v) is 4.08. The molecule has 1 aromatic heterocycles. The van der Waals surface area contributed by atoms with E-state index in [0.717, 1.165) is 17.8 Å².